The Kier molecular flexibility index (Phi) is 3.84. The molecule has 6 heteroatoms. The molecule has 0 aliphatic heterocycles. The summed E-state index contributed by atoms with van der Waals surface area (Å²) in [4.78, 5) is 8.36. The van der Waals surface area contributed by atoms with E-state index in [-0.39, 0.29) is 5.95 Å². The zero-order valence-corrected chi connectivity index (χ0v) is 12.8. The number of rotatable bonds is 3. The first-order chi connectivity index (χ1) is 10.6. The van der Waals surface area contributed by atoms with Crippen molar-refractivity contribution < 1.29 is 0 Å². The minimum atomic E-state index is 0.145. The Bertz CT molecular complexity index is 841. The fraction of sp³-hybridized carbons (Fsp3) is 0.0625. The Balaban J connectivity index is 2.12. The van der Waals surface area contributed by atoms with Gasteiger partial charge in [0.1, 0.15) is 0 Å². The summed E-state index contributed by atoms with van der Waals surface area (Å²) in [5.74, 6) is 0.680. The molecule has 0 amide bonds. The van der Waals surface area contributed by atoms with Gasteiger partial charge in [0.25, 0.3) is 0 Å². The summed E-state index contributed by atoms with van der Waals surface area (Å²) in [6.07, 6.45) is 0. The van der Waals surface area contributed by atoms with Crippen LogP contribution in [0.2, 0.25) is 0 Å². The van der Waals surface area contributed by atoms with Gasteiger partial charge < -0.3 is 11.1 Å². The molecule has 110 valence electrons. The van der Waals surface area contributed by atoms with E-state index in [2.05, 4.69) is 15.3 Å². The molecule has 0 atom stereocenters. The number of hydrogen-bond acceptors (Lipinski definition) is 5. The molecular formula is C16H15N5S. The number of nitrogens with two attached hydrogens (primary N) is 1. The van der Waals surface area contributed by atoms with Crippen LogP contribution in [0.25, 0.3) is 5.69 Å². The van der Waals surface area contributed by atoms with Gasteiger partial charge in [-0.2, -0.15) is 9.97 Å². The molecule has 0 aliphatic rings. The van der Waals surface area contributed by atoms with Gasteiger partial charge in [-0.15, -0.1) is 0 Å². The summed E-state index contributed by atoms with van der Waals surface area (Å²) in [5.41, 5.74) is 8.69. The second-order valence-corrected chi connectivity index (χ2v) is 5.22. The molecule has 22 heavy (non-hydrogen) atoms. The van der Waals surface area contributed by atoms with Crippen molar-refractivity contribution in [3.63, 3.8) is 0 Å². The van der Waals surface area contributed by atoms with Crippen LogP contribution in [-0.4, -0.2) is 14.5 Å². The third kappa shape index (κ3) is 2.96. The molecule has 0 saturated carbocycles. The van der Waals surface area contributed by atoms with Gasteiger partial charge in [0.05, 0.1) is 5.69 Å². The highest BCUT2D eigenvalue weighted by atomic mass is 32.1. The van der Waals surface area contributed by atoms with Crippen molar-refractivity contribution in [2.75, 3.05) is 11.1 Å². The van der Waals surface area contributed by atoms with E-state index in [1.807, 2.05) is 61.5 Å². The predicted molar refractivity (Wildman–Crippen MR) is 91.1 cm³/mol. The maximum atomic E-state index is 5.74. The number of para-hydroxylation sites is 1. The van der Waals surface area contributed by atoms with Gasteiger partial charge in [-0.25, -0.2) is 0 Å². The van der Waals surface area contributed by atoms with Crippen molar-refractivity contribution in [3.8, 4) is 5.69 Å². The molecule has 0 spiro atoms. The summed E-state index contributed by atoms with van der Waals surface area (Å²) in [5, 5.41) is 3.23. The zero-order valence-electron chi connectivity index (χ0n) is 12.0. The molecule has 1 aromatic heterocycles. The average Bonchev–Trinajstić information content (AvgIpc) is 2.49. The number of aryl methyl sites for hydroxylation is 1. The molecule has 3 N–H and O–H groups in total. The number of benzene rings is 2. The third-order valence-corrected chi connectivity index (χ3v) is 3.43. The lowest BCUT2D eigenvalue weighted by atomic mass is 10.2. The van der Waals surface area contributed by atoms with Crippen molar-refractivity contribution >= 4 is 29.8 Å². The molecule has 3 aromatic rings. The summed E-state index contributed by atoms with van der Waals surface area (Å²) in [6.45, 7) is 2.03. The summed E-state index contributed by atoms with van der Waals surface area (Å²) in [7, 11) is 0. The maximum absolute atomic E-state index is 5.74. The van der Waals surface area contributed by atoms with Crippen molar-refractivity contribution in [2.45, 2.75) is 6.92 Å². The maximum Gasteiger partial charge on any atom is 0.226 e. The molecule has 0 saturated heterocycles. The van der Waals surface area contributed by atoms with Crippen LogP contribution in [0.4, 0.5) is 17.6 Å². The highest BCUT2D eigenvalue weighted by Gasteiger charge is 2.09. The first-order valence-corrected chi connectivity index (χ1v) is 7.20. The first kappa shape index (κ1) is 14.2. The quantitative estimate of drug-likeness (QED) is 0.723. The largest absolute Gasteiger partial charge is 0.368 e. The van der Waals surface area contributed by atoms with Crippen LogP contribution in [0, 0.1) is 11.7 Å². The molecule has 5 nitrogen and oxygen atoms in total. The van der Waals surface area contributed by atoms with Crippen LogP contribution in [-0.2, 0) is 0 Å². The average molecular weight is 309 g/mol. The molecule has 0 unspecified atom stereocenters. The van der Waals surface area contributed by atoms with Crippen LogP contribution in [0.5, 0.6) is 0 Å². The Morgan fingerprint density at radius 1 is 1.00 bits per heavy atom. The lowest BCUT2D eigenvalue weighted by Gasteiger charge is -2.14. The van der Waals surface area contributed by atoms with Gasteiger partial charge in [0, 0.05) is 5.69 Å². The van der Waals surface area contributed by atoms with Crippen LogP contribution in [0.1, 0.15) is 5.56 Å². The van der Waals surface area contributed by atoms with Gasteiger partial charge in [0.15, 0.2) is 0 Å². The van der Waals surface area contributed by atoms with Gasteiger partial charge in [-0.05, 0) is 43.4 Å². The van der Waals surface area contributed by atoms with Crippen molar-refractivity contribution in [3.05, 3.63) is 64.9 Å². The summed E-state index contributed by atoms with van der Waals surface area (Å²) >= 11 is 5.35. The highest BCUT2D eigenvalue weighted by molar-refractivity contribution is 7.71. The normalized spacial score (nSPS) is 10.4. The van der Waals surface area contributed by atoms with E-state index in [9.17, 15) is 0 Å². The highest BCUT2D eigenvalue weighted by Crippen LogP contribution is 2.20. The van der Waals surface area contributed by atoms with Gasteiger partial charge in [0.2, 0.25) is 16.7 Å². The molecular weight excluding hydrogens is 294 g/mol. The van der Waals surface area contributed by atoms with Crippen LogP contribution >= 0.6 is 12.2 Å². The van der Waals surface area contributed by atoms with Crippen LogP contribution in [0.3, 0.4) is 0 Å². The van der Waals surface area contributed by atoms with Crippen LogP contribution in [0.15, 0.2) is 54.6 Å². The third-order valence-electron chi connectivity index (χ3n) is 3.16. The van der Waals surface area contributed by atoms with Crippen LogP contribution < -0.4 is 11.1 Å². The van der Waals surface area contributed by atoms with Crippen molar-refractivity contribution in [1.82, 2.24) is 14.5 Å². The Morgan fingerprint density at radius 3 is 2.36 bits per heavy atom. The Labute approximate surface area is 133 Å². The fourth-order valence-corrected chi connectivity index (χ4v) is 2.37. The fourth-order valence-electron chi connectivity index (χ4n) is 2.08. The molecule has 0 radical (unpaired) electrons. The van der Waals surface area contributed by atoms with E-state index in [0.717, 1.165) is 11.4 Å². The lowest BCUT2D eigenvalue weighted by molar-refractivity contribution is 0.914. The molecule has 0 fully saturated rings. The minimum absolute atomic E-state index is 0.145. The number of nitrogens with zero attached hydrogens (tertiary/aromatic N) is 3. The number of nitrogens with one attached hydrogen (secondary N) is 1. The number of nitrogen functional groups attached to an aromatic ring is 1. The number of hydrogen-bond donors (Lipinski definition) is 2. The van der Waals surface area contributed by atoms with E-state index in [4.69, 9.17) is 18.0 Å². The predicted octanol–water partition coefficient (Wildman–Crippen LogP) is 3.63. The molecule has 1 heterocycles. The first-order valence-electron chi connectivity index (χ1n) is 6.79. The van der Waals surface area contributed by atoms with Gasteiger partial charge in [-0.3, -0.25) is 4.57 Å². The van der Waals surface area contributed by atoms with Crippen molar-refractivity contribution in [2.24, 2.45) is 0 Å². The smallest absolute Gasteiger partial charge is 0.226 e. The van der Waals surface area contributed by atoms with Crippen molar-refractivity contribution in [1.29, 1.82) is 0 Å². The standard InChI is InChI=1S/C16H15N5S/c1-11-7-9-13(10-8-11)21-15(19-14(17)20-16(21)22)18-12-5-3-2-4-6-12/h2-10H,1H3,(H3,17,18,19,20,22). The lowest BCUT2D eigenvalue weighted by Crippen LogP contribution is -2.11. The van der Waals surface area contributed by atoms with Gasteiger partial charge in [-0.1, -0.05) is 35.9 Å². The number of anilines is 3. The topological polar surface area (TPSA) is 68.8 Å². The van der Waals surface area contributed by atoms with E-state index in [1.54, 1.807) is 4.57 Å². The second-order valence-electron chi connectivity index (χ2n) is 4.85. The SMILES string of the molecule is Cc1ccc(-n2c(Nc3ccccc3)nc(N)nc2=S)cc1. The van der Waals surface area contributed by atoms with E-state index < -0.39 is 0 Å². The summed E-state index contributed by atoms with van der Waals surface area (Å²) < 4.78 is 2.12. The van der Waals surface area contributed by atoms with E-state index >= 15 is 0 Å². The number of aromatic nitrogens is 3. The second kappa shape index (κ2) is 5.95. The van der Waals surface area contributed by atoms with E-state index in [0.29, 0.717) is 10.7 Å². The zero-order chi connectivity index (χ0) is 15.5. The molecule has 3 rings (SSSR count). The summed E-state index contributed by atoms with van der Waals surface area (Å²) in [6, 6.07) is 17.7. The van der Waals surface area contributed by atoms with Gasteiger partial charge >= 0.3 is 0 Å². The monoisotopic (exact) mass is 309 g/mol. The Morgan fingerprint density at radius 2 is 1.68 bits per heavy atom. The minimum Gasteiger partial charge on any atom is -0.368 e. The molecule has 0 bridgehead atoms. The Hall–Kier alpha value is -2.73. The van der Waals surface area contributed by atoms with E-state index in [1.165, 1.54) is 5.56 Å². The molecule has 0 aliphatic carbocycles. The molecule has 2 aromatic carbocycles.